The van der Waals surface area contributed by atoms with Gasteiger partial charge in [0.25, 0.3) is 0 Å². The second-order valence-corrected chi connectivity index (χ2v) is 6.68. The van der Waals surface area contributed by atoms with Gasteiger partial charge in [0.2, 0.25) is 0 Å². The van der Waals surface area contributed by atoms with Crippen molar-refractivity contribution in [3.05, 3.63) is 0 Å². The van der Waals surface area contributed by atoms with Crippen LogP contribution in [0.15, 0.2) is 0 Å². The monoisotopic (exact) mass is 254 g/mol. The second-order valence-electron chi connectivity index (χ2n) is 6.68. The number of nitrogens with two attached hydrogens (primary N) is 1. The van der Waals surface area contributed by atoms with Crippen LogP contribution in [0, 0.1) is 11.3 Å². The highest BCUT2D eigenvalue weighted by Gasteiger charge is 2.28. The van der Waals surface area contributed by atoms with Gasteiger partial charge in [-0.15, -0.1) is 0 Å². The molecule has 1 aliphatic carbocycles. The Kier molecular flexibility index (Phi) is 7.92. The molecule has 1 saturated carbocycles. The predicted octanol–water partition coefficient (Wildman–Crippen LogP) is 3.70. The van der Waals surface area contributed by atoms with E-state index in [0.717, 1.165) is 19.0 Å². The fourth-order valence-corrected chi connectivity index (χ4v) is 3.09. The van der Waals surface area contributed by atoms with Gasteiger partial charge in [-0.1, -0.05) is 52.4 Å². The topological polar surface area (TPSA) is 38.0 Å². The Labute approximate surface area is 114 Å². The molecule has 0 radical (unpaired) electrons. The van der Waals surface area contributed by atoms with Crippen LogP contribution in [0.1, 0.15) is 71.6 Å². The van der Waals surface area contributed by atoms with Crippen molar-refractivity contribution in [2.75, 3.05) is 19.6 Å². The van der Waals surface area contributed by atoms with Gasteiger partial charge in [-0.2, -0.15) is 0 Å². The van der Waals surface area contributed by atoms with Crippen LogP contribution in [0.5, 0.6) is 0 Å². The summed E-state index contributed by atoms with van der Waals surface area (Å²) in [6, 6.07) is 0. The highest BCUT2D eigenvalue weighted by Crippen LogP contribution is 2.33. The van der Waals surface area contributed by atoms with E-state index in [4.69, 9.17) is 5.73 Å². The van der Waals surface area contributed by atoms with E-state index in [9.17, 15) is 0 Å². The van der Waals surface area contributed by atoms with Gasteiger partial charge >= 0.3 is 0 Å². The van der Waals surface area contributed by atoms with Gasteiger partial charge in [0.05, 0.1) is 0 Å². The molecule has 1 fully saturated rings. The first kappa shape index (κ1) is 16.0. The zero-order valence-corrected chi connectivity index (χ0v) is 12.6. The molecule has 2 heteroatoms. The summed E-state index contributed by atoms with van der Waals surface area (Å²) < 4.78 is 0. The molecule has 0 bridgehead atoms. The van der Waals surface area contributed by atoms with Crippen LogP contribution in [0.2, 0.25) is 0 Å². The first-order valence-corrected chi connectivity index (χ1v) is 8.09. The molecule has 0 aromatic rings. The molecule has 3 N–H and O–H groups in total. The summed E-state index contributed by atoms with van der Waals surface area (Å²) in [7, 11) is 0. The molecule has 1 rings (SSSR count). The van der Waals surface area contributed by atoms with Crippen molar-refractivity contribution in [3.63, 3.8) is 0 Å². The average Bonchev–Trinajstić information content (AvgIpc) is 2.59. The van der Waals surface area contributed by atoms with E-state index in [1.807, 2.05) is 0 Å². The van der Waals surface area contributed by atoms with Crippen LogP contribution in [0.4, 0.5) is 0 Å². The predicted molar refractivity (Wildman–Crippen MR) is 80.7 cm³/mol. The molecule has 0 amide bonds. The summed E-state index contributed by atoms with van der Waals surface area (Å²) >= 11 is 0. The molecule has 2 nitrogen and oxygen atoms in total. The molecule has 0 saturated heterocycles. The van der Waals surface area contributed by atoms with E-state index in [2.05, 4.69) is 19.2 Å². The highest BCUT2D eigenvalue weighted by molar-refractivity contribution is 4.84. The maximum Gasteiger partial charge on any atom is 0.00199 e. The van der Waals surface area contributed by atoms with Crippen LogP contribution in [-0.2, 0) is 0 Å². The minimum absolute atomic E-state index is 0.411. The lowest BCUT2D eigenvalue weighted by Gasteiger charge is -2.31. The normalized spacial score (nSPS) is 20.0. The molecule has 0 heterocycles. The summed E-state index contributed by atoms with van der Waals surface area (Å²) in [5.74, 6) is 0.849. The van der Waals surface area contributed by atoms with E-state index >= 15 is 0 Å². The molecule has 18 heavy (non-hydrogen) atoms. The van der Waals surface area contributed by atoms with E-state index in [-0.39, 0.29) is 0 Å². The number of nitrogens with one attached hydrogen (secondary N) is 1. The Hall–Kier alpha value is -0.0800. The lowest BCUT2D eigenvalue weighted by molar-refractivity contribution is 0.242. The third kappa shape index (κ3) is 6.19. The Morgan fingerprint density at radius 3 is 2.28 bits per heavy atom. The van der Waals surface area contributed by atoms with Crippen molar-refractivity contribution < 1.29 is 0 Å². The molecule has 0 aromatic carbocycles. The van der Waals surface area contributed by atoms with Gasteiger partial charge < -0.3 is 11.1 Å². The standard InChI is InChI=1S/C16H34N2/c1-15(2)9-5-8-12-18-14-16(13-17)10-6-3-4-7-11-16/h15,18H,3-14,17H2,1-2H3. The maximum atomic E-state index is 6.05. The number of rotatable bonds is 8. The van der Waals surface area contributed by atoms with Crippen LogP contribution >= 0.6 is 0 Å². The Morgan fingerprint density at radius 1 is 1.06 bits per heavy atom. The third-order valence-corrected chi connectivity index (χ3v) is 4.48. The Balaban J connectivity index is 2.14. The summed E-state index contributed by atoms with van der Waals surface area (Å²) in [6.45, 7) is 7.80. The fraction of sp³-hybridized carbons (Fsp3) is 1.00. The van der Waals surface area contributed by atoms with Gasteiger partial charge in [0, 0.05) is 6.54 Å². The Morgan fingerprint density at radius 2 is 1.72 bits per heavy atom. The zero-order valence-electron chi connectivity index (χ0n) is 12.6. The maximum absolute atomic E-state index is 6.05. The first-order valence-electron chi connectivity index (χ1n) is 8.09. The molecule has 0 atom stereocenters. The molecule has 0 unspecified atom stereocenters. The number of unbranched alkanes of at least 4 members (excludes halogenated alkanes) is 1. The zero-order chi connectivity index (χ0) is 13.3. The van der Waals surface area contributed by atoms with Gasteiger partial charge in [-0.05, 0) is 43.7 Å². The molecule has 0 aliphatic heterocycles. The molecule has 1 aliphatic rings. The second kappa shape index (κ2) is 8.92. The minimum atomic E-state index is 0.411. The van der Waals surface area contributed by atoms with Crippen LogP contribution < -0.4 is 11.1 Å². The number of hydrogen-bond donors (Lipinski definition) is 2. The summed E-state index contributed by atoms with van der Waals surface area (Å²) in [5.41, 5.74) is 6.46. The summed E-state index contributed by atoms with van der Waals surface area (Å²) in [6.07, 6.45) is 12.3. The average molecular weight is 254 g/mol. The van der Waals surface area contributed by atoms with E-state index in [0.29, 0.717) is 5.41 Å². The van der Waals surface area contributed by atoms with E-state index < -0.39 is 0 Å². The van der Waals surface area contributed by atoms with Crippen molar-refractivity contribution >= 4 is 0 Å². The SMILES string of the molecule is CC(C)CCCCNCC1(CN)CCCCCC1. The van der Waals surface area contributed by atoms with Gasteiger partial charge in [-0.3, -0.25) is 0 Å². The van der Waals surface area contributed by atoms with Crippen molar-refractivity contribution in [2.24, 2.45) is 17.1 Å². The van der Waals surface area contributed by atoms with Crippen LogP contribution in [0.3, 0.4) is 0 Å². The van der Waals surface area contributed by atoms with Gasteiger partial charge in [0.1, 0.15) is 0 Å². The van der Waals surface area contributed by atoms with Crippen molar-refractivity contribution in [1.82, 2.24) is 5.32 Å². The minimum Gasteiger partial charge on any atom is -0.330 e. The lowest BCUT2D eigenvalue weighted by atomic mass is 9.80. The summed E-state index contributed by atoms with van der Waals surface area (Å²) in [4.78, 5) is 0. The first-order chi connectivity index (χ1) is 8.68. The van der Waals surface area contributed by atoms with E-state index in [1.54, 1.807) is 0 Å². The quantitative estimate of drug-likeness (QED) is 0.512. The lowest BCUT2D eigenvalue weighted by Crippen LogP contribution is -2.40. The highest BCUT2D eigenvalue weighted by atomic mass is 14.9. The van der Waals surface area contributed by atoms with Crippen LogP contribution in [-0.4, -0.2) is 19.6 Å². The fourth-order valence-electron chi connectivity index (χ4n) is 3.09. The molecule has 108 valence electrons. The van der Waals surface area contributed by atoms with Crippen molar-refractivity contribution in [2.45, 2.75) is 71.6 Å². The molecule has 0 aromatic heterocycles. The molecular formula is C16H34N2. The molecule has 0 spiro atoms. The van der Waals surface area contributed by atoms with Crippen molar-refractivity contribution in [3.8, 4) is 0 Å². The van der Waals surface area contributed by atoms with Crippen LogP contribution in [0.25, 0.3) is 0 Å². The Bertz CT molecular complexity index is 193. The number of hydrogen-bond acceptors (Lipinski definition) is 2. The largest absolute Gasteiger partial charge is 0.330 e. The van der Waals surface area contributed by atoms with Crippen molar-refractivity contribution in [1.29, 1.82) is 0 Å². The van der Waals surface area contributed by atoms with E-state index in [1.165, 1.54) is 64.3 Å². The summed E-state index contributed by atoms with van der Waals surface area (Å²) in [5, 5.41) is 3.67. The third-order valence-electron chi connectivity index (χ3n) is 4.48. The van der Waals surface area contributed by atoms with Gasteiger partial charge in [0.15, 0.2) is 0 Å². The van der Waals surface area contributed by atoms with Gasteiger partial charge in [-0.25, -0.2) is 0 Å². The molecular weight excluding hydrogens is 220 g/mol. The smallest absolute Gasteiger partial charge is 0.00199 e.